The zero-order valence-corrected chi connectivity index (χ0v) is 11.4. The molecule has 2 aromatic rings. The third-order valence-electron chi connectivity index (χ3n) is 2.93. The van der Waals surface area contributed by atoms with Crippen LogP contribution in [-0.2, 0) is 12.8 Å². The number of benzene rings is 1. The molecule has 0 bridgehead atoms. The number of aryl methyl sites for hydroxylation is 1. The minimum absolute atomic E-state index is 0.591. The van der Waals surface area contributed by atoms with Crippen LogP contribution in [0.2, 0.25) is 0 Å². The van der Waals surface area contributed by atoms with E-state index >= 15 is 0 Å². The van der Waals surface area contributed by atoms with Gasteiger partial charge in [-0.15, -0.1) is 0 Å². The maximum absolute atomic E-state index is 5.80. The van der Waals surface area contributed by atoms with Gasteiger partial charge >= 0.3 is 0 Å². The molecule has 0 atom stereocenters. The van der Waals surface area contributed by atoms with Crippen molar-refractivity contribution in [2.45, 2.75) is 40.0 Å². The molecule has 3 heteroatoms. The Morgan fingerprint density at radius 3 is 2.50 bits per heavy atom. The van der Waals surface area contributed by atoms with E-state index < -0.39 is 0 Å². The third kappa shape index (κ3) is 2.89. The van der Waals surface area contributed by atoms with Crippen LogP contribution in [0.4, 0.5) is 0 Å². The Balaban J connectivity index is 2.53. The lowest BCUT2D eigenvalue weighted by atomic mass is 9.95. The summed E-state index contributed by atoms with van der Waals surface area (Å²) in [5.74, 6) is 0.591. The van der Waals surface area contributed by atoms with E-state index in [0.29, 0.717) is 5.92 Å². The van der Waals surface area contributed by atoms with E-state index in [0.717, 1.165) is 47.1 Å². The molecule has 1 aromatic carbocycles. The van der Waals surface area contributed by atoms with E-state index in [1.807, 2.05) is 18.2 Å². The molecule has 0 aliphatic rings. The second-order valence-electron chi connectivity index (χ2n) is 5.21. The Kier molecular flexibility index (Phi) is 4.00. The van der Waals surface area contributed by atoms with Crippen molar-refractivity contribution in [3.05, 3.63) is 29.6 Å². The molecule has 1 heterocycles. The largest absolute Gasteiger partial charge is 0.249 e. The maximum atomic E-state index is 5.80. The van der Waals surface area contributed by atoms with Gasteiger partial charge in [0.1, 0.15) is 7.85 Å². The van der Waals surface area contributed by atoms with Gasteiger partial charge in [0.2, 0.25) is 0 Å². The number of fused-ring (bicyclic) bond motifs is 1. The van der Waals surface area contributed by atoms with Crippen LogP contribution in [0.3, 0.4) is 0 Å². The van der Waals surface area contributed by atoms with E-state index in [2.05, 4.69) is 20.8 Å². The van der Waals surface area contributed by atoms with Gasteiger partial charge in [-0.1, -0.05) is 38.7 Å². The number of aromatic nitrogens is 2. The summed E-state index contributed by atoms with van der Waals surface area (Å²) in [6.45, 7) is 6.59. The highest BCUT2D eigenvalue weighted by Crippen LogP contribution is 2.16. The summed E-state index contributed by atoms with van der Waals surface area (Å²) in [5, 5.41) is 0. The molecule has 92 valence electrons. The molecule has 0 unspecified atom stereocenters. The average Bonchev–Trinajstić information content (AvgIpc) is 2.30. The third-order valence-corrected chi connectivity index (χ3v) is 2.93. The van der Waals surface area contributed by atoms with Crippen molar-refractivity contribution in [1.29, 1.82) is 0 Å². The lowest BCUT2D eigenvalue weighted by Crippen LogP contribution is -2.08. The van der Waals surface area contributed by atoms with Gasteiger partial charge in [0, 0.05) is 0 Å². The molecule has 1 aromatic heterocycles. The first kappa shape index (κ1) is 13.1. The molecular formula is C15H19BN2. The second-order valence-corrected chi connectivity index (χ2v) is 5.21. The number of hydrogen-bond donors (Lipinski definition) is 0. The lowest BCUT2D eigenvalue weighted by Gasteiger charge is -2.11. The highest BCUT2D eigenvalue weighted by Gasteiger charge is 2.09. The molecule has 0 N–H and O–H groups in total. The summed E-state index contributed by atoms with van der Waals surface area (Å²) in [6, 6.07) is 5.74. The van der Waals surface area contributed by atoms with Crippen LogP contribution in [0.5, 0.6) is 0 Å². The fourth-order valence-corrected chi connectivity index (χ4v) is 2.13. The summed E-state index contributed by atoms with van der Waals surface area (Å²) in [6.07, 6.45) is 3.07. The van der Waals surface area contributed by atoms with E-state index in [9.17, 15) is 0 Å². The predicted molar refractivity (Wildman–Crippen MR) is 77.5 cm³/mol. The highest BCUT2D eigenvalue weighted by molar-refractivity contribution is 6.33. The summed E-state index contributed by atoms with van der Waals surface area (Å²) < 4.78 is 0. The number of rotatable bonds is 4. The zero-order valence-electron chi connectivity index (χ0n) is 11.4. The van der Waals surface area contributed by atoms with Crippen molar-refractivity contribution in [3.8, 4) is 0 Å². The Morgan fingerprint density at radius 2 is 1.83 bits per heavy atom. The van der Waals surface area contributed by atoms with Gasteiger partial charge < -0.3 is 0 Å². The Labute approximate surface area is 110 Å². The van der Waals surface area contributed by atoms with Crippen molar-refractivity contribution < 1.29 is 0 Å². The van der Waals surface area contributed by atoms with E-state index in [1.54, 1.807) is 0 Å². The van der Waals surface area contributed by atoms with Gasteiger partial charge in [-0.05, 0) is 30.9 Å². The van der Waals surface area contributed by atoms with Crippen molar-refractivity contribution in [2.24, 2.45) is 5.92 Å². The van der Waals surface area contributed by atoms with Crippen LogP contribution in [0, 0.1) is 5.92 Å². The van der Waals surface area contributed by atoms with Crippen LogP contribution >= 0.6 is 0 Å². The van der Waals surface area contributed by atoms with Gasteiger partial charge in [-0.3, -0.25) is 0 Å². The highest BCUT2D eigenvalue weighted by atomic mass is 14.8. The molecule has 18 heavy (non-hydrogen) atoms. The maximum Gasteiger partial charge on any atom is 0.113 e. The topological polar surface area (TPSA) is 25.8 Å². The van der Waals surface area contributed by atoms with Crippen molar-refractivity contribution in [2.75, 3.05) is 0 Å². The van der Waals surface area contributed by atoms with Crippen molar-refractivity contribution in [3.63, 3.8) is 0 Å². The van der Waals surface area contributed by atoms with Crippen LogP contribution in [0.1, 0.15) is 38.6 Å². The first-order chi connectivity index (χ1) is 8.60. The van der Waals surface area contributed by atoms with E-state index in [-0.39, 0.29) is 0 Å². The Bertz CT molecular complexity index is 549. The fraction of sp³-hybridized carbons (Fsp3) is 0.467. The SMILES string of the molecule is [B]c1ccc2nc(CCC)c(CC(C)C)nc2c1. The zero-order chi connectivity index (χ0) is 13.1. The Hall–Kier alpha value is -1.38. The number of nitrogens with zero attached hydrogens (tertiary/aromatic N) is 2. The first-order valence-electron chi connectivity index (χ1n) is 6.65. The molecule has 2 rings (SSSR count). The molecule has 0 fully saturated rings. The van der Waals surface area contributed by atoms with Crippen LogP contribution in [0.25, 0.3) is 11.0 Å². The molecule has 0 aliphatic carbocycles. The first-order valence-corrected chi connectivity index (χ1v) is 6.65. The lowest BCUT2D eigenvalue weighted by molar-refractivity contribution is 0.626. The van der Waals surface area contributed by atoms with Crippen LogP contribution in [0.15, 0.2) is 18.2 Å². The molecule has 2 radical (unpaired) electrons. The standard InChI is InChI=1S/C15H19BN2/c1-4-5-12-14(8-10(2)3)18-15-9-11(16)6-7-13(15)17-12/h6-7,9-10H,4-5,8H2,1-3H3. The Morgan fingerprint density at radius 1 is 1.11 bits per heavy atom. The van der Waals surface area contributed by atoms with Crippen LogP contribution < -0.4 is 5.46 Å². The minimum atomic E-state index is 0.591. The minimum Gasteiger partial charge on any atom is -0.249 e. The van der Waals surface area contributed by atoms with Gasteiger partial charge in [-0.25, -0.2) is 9.97 Å². The van der Waals surface area contributed by atoms with Crippen molar-refractivity contribution in [1.82, 2.24) is 9.97 Å². The monoisotopic (exact) mass is 238 g/mol. The molecule has 0 saturated carbocycles. The van der Waals surface area contributed by atoms with Gasteiger partial charge in [0.25, 0.3) is 0 Å². The van der Waals surface area contributed by atoms with Gasteiger partial charge in [0.15, 0.2) is 0 Å². The quantitative estimate of drug-likeness (QED) is 0.765. The van der Waals surface area contributed by atoms with E-state index in [1.165, 1.54) is 0 Å². The van der Waals surface area contributed by atoms with Gasteiger partial charge in [0.05, 0.1) is 22.4 Å². The predicted octanol–water partition coefficient (Wildman–Crippen LogP) is 2.57. The summed E-state index contributed by atoms with van der Waals surface area (Å²) >= 11 is 0. The average molecular weight is 238 g/mol. The summed E-state index contributed by atoms with van der Waals surface area (Å²) in [5.41, 5.74) is 4.87. The van der Waals surface area contributed by atoms with Crippen LogP contribution in [-0.4, -0.2) is 17.8 Å². The normalized spacial score (nSPS) is 11.3. The fourth-order valence-electron chi connectivity index (χ4n) is 2.13. The summed E-state index contributed by atoms with van der Waals surface area (Å²) in [7, 11) is 5.80. The second kappa shape index (κ2) is 5.51. The molecular weight excluding hydrogens is 219 g/mol. The smallest absolute Gasteiger partial charge is 0.113 e. The molecule has 2 nitrogen and oxygen atoms in total. The van der Waals surface area contributed by atoms with Gasteiger partial charge in [-0.2, -0.15) is 0 Å². The summed E-state index contributed by atoms with van der Waals surface area (Å²) in [4.78, 5) is 9.49. The number of hydrogen-bond acceptors (Lipinski definition) is 2. The van der Waals surface area contributed by atoms with Crippen molar-refractivity contribution >= 4 is 24.3 Å². The van der Waals surface area contributed by atoms with E-state index in [4.69, 9.17) is 17.8 Å². The molecule has 0 spiro atoms. The molecule has 0 saturated heterocycles. The molecule has 0 aliphatic heterocycles. The molecule has 0 amide bonds.